The van der Waals surface area contributed by atoms with Gasteiger partial charge in [-0.05, 0) is 50.1 Å². The average Bonchev–Trinajstić information content (AvgIpc) is 3.34. The van der Waals surface area contributed by atoms with Gasteiger partial charge >= 0.3 is 0 Å². The number of hydrogen-bond acceptors (Lipinski definition) is 5. The standard InChI is InChI=1S/C24H22FN5OS/c1-15-14-32-24(26-15)17-8-6-16(7-9-17)23(31)27-18-10-11-20(25)19(13-18)22-29-28-21-5-3-2-4-12-30(21)22/h6-11,13-14H,2-5,12H2,1H3,(H,27,31). The molecule has 3 heterocycles. The molecule has 32 heavy (non-hydrogen) atoms. The number of fused-ring (bicyclic) bond motifs is 1. The maximum atomic E-state index is 14.7. The number of halogens is 1. The maximum Gasteiger partial charge on any atom is 0.255 e. The number of thiazole rings is 1. The molecule has 1 amide bonds. The van der Waals surface area contributed by atoms with Gasteiger partial charge in [-0.2, -0.15) is 0 Å². The van der Waals surface area contributed by atoms with Crippen LogP contribution in [0.4, 0.5) is 10.1 Å². The number of nitrogens with one attached hydrogen (secondary N) is 1. The fourth-order valence-electron chi connectivity index (χ4n) is 3.91. The SMILES string of the molecule is Cc1csc(-c2ccc(C(=O)Nc3ccc(F)c(-c4nnc5n4CCCCC5)c3)cc2)n1. The maximum absolute atomic E-state index is 14.7. The van der Waals surface area contributed by atoms with Crippen LogP contribution in [0.2, 0.25) is 0 Å². The lowest BCUT2D eigenvalue weighted by atomic mass is 10.1. The van der Waals surface area contributed by atoms with E-state index in [4.69, 9.17) is 0 Å². The topological polar surface area (TPSA) is 72.7 Å². The number of amides is 1. The van der Waals surface area contributed by atoms with Gasteiger partial charge in [-0.3, -0.25) is 4.79 Å². The fraction of sp³-hybridized carbons (Fsp3) is 0.250. The number of carbonyl (C=O) groups excluding carboxylic acids is 1. The van der Waals surface area contributed by atoms with Gasteiger partial charge in [0.1, 0.15) is 16.6 Å². The molecule has 6 nitrogen and oxygen atoms in total. The van der Waals surface area contributed by atoms with Crippen LogP contribution in [-0.4, -0.2) is 25.7 Å². The number of aromatic nitrogens is 4. The molecule has 0 saturated carbocycles. The molecule has 8 heteroatoms. The van der Waals surface area contributed by atoms with Crippen molar-refractivity contribution in [3.8, 4) is 22.0 Å². The second-order valence-electron chi connectivity index (χ2n) is 7.92. The second-order valence-corrected chi connectivity index (χ2v) is 8.78. The van der Waals surface area contributed by atoms with Crippen molar-refractivity contribution in [2.45, 2.75) is 39.2 Å². The van der Waals surface area contributed by atoms with Crippen LogP contribution in [0.25, 0.3) is 22.0 Å². The quantitative estimate of drug-likeness (QED) is 0.449. The van der Waals surface area contributed by atoms with Crippen molar-refractivity contribution in [2.24, 2.45) is 0 Å². The van der Waals surface area contributed by atoms with Crippen molar-refractivity contribution < 1.29 is 9.18 Å². The molecule has 1 aliphatic heterocycles. The third-order valence-electron chi connectivity index (χ3n) is 5.59. The summed E-state index contributed by atoms with van der Waals surface area (Å²) in [7, 11) is 0. The van der Waals surface area contributed by atoms with E-state index < -0.39 is 0 Å². The molecule has 1 N–H and O–H groups in total. The Morgan fingerprint density at radius 1 is 1.09 bits per heavy atom. The molecule has 162 valence electrons. The summed E-state index contributed by atoms with van der Waals surface area (Å²) in [4.78, 5) is 17.2. The number of aryl methyl sites for hydroxylation is 2. The van der Waals surface area contributed by atoms with Crippen LogP contribution < -0.4 is 5.32 Å². The zero-order valence-electron chi connectivity index (χ0n) is 17.6. The number of hydrogen-bond donors (Lipinski definition) is 1. The first kappa shape index (κ1) is 20.5. The molecular weight excluding hydrogens is 425 g/mol. The van der Waals surface area contributed by atoms with E-state index in [2.05, 4.69) is 20.5 Å². The van der Waals surface area contributed by atoms with E-state index in [0.717, 1.165) is 54.3 Å². The Kier molecular flexibility index (Phi) is 5.53. The van der Waals surface area contributed by atoms with Crippen molar-refractivity contribution in [3.63, 3.8) is 0 Å². The van der Waals surface area contributed by atoms with E-state index in [9.17, 15) is 9.18 Å². The minimum atomic E-state index is -0.384. The van der Waals surface area contributed by atoms with Crippen LogP contribution >= 0.6 is 11.3 Å². The van der Waals surface area contributed by atoms with Gasteiger partial charge in [0.05, 0.1) is 5.56 Å². The number of rotatable bonds is 4. The number of carbonyl (C=O) groups is 1. The third-order valence-corrected chi connectivity index (χ3v) is 6.60. The molecule has 0 saturated heterocycles. The monoisotopic (exact) mass is 447 g/mol. The van der Waals surface area contributed by atoms with Gasteiger partial charge in [-0.15, -0.1) is 21.5 Å². The van der Waals surface area contributed by atoms with Crippen LogP contribution in [0.15, 0.2) is 47.8 Å². The fourth-order valence-corrected chi connectivity index (χ4v) is 4.72. The lowest BCUT2D eigenvalue weighted by Crippen LogP contribution is -2.12. The van der Waals surface area contributed by atoms with E-state index >= 15 is 0 Å². The van der Waals surface area contributed by atoms with Crippen LogP contribution in [0, 0.1) is 12.7 Å². The minimum Gasteiger partial charge on any atom is -0.322 e. The molecule has 4 aromatic rings. The summed E-state index contributed by atoms with van der Waals surface area (Å²) >= 11 is 1.57. The van der Waals surface area contributed by atoms with Crippen molar-refractivity contribution in [1.29, 1.82) is 0 Å². The Morgan fingerprint density at radius 2 is 1.94 bits per heavy atom. The smallest absolute Gasteiger partial charge is 0.255 e. The van der Waals surface area contributed by atoms with Crippen molar-refractivity contribution >= 4 is 22.9 Å². The van der Waals surface area contributed by atoms with E-state index in [1.807, 2.05) is 29.0 Å². The molecule has 0 atom stereocenters. The lowest BCUT2D eigenvalue weighted by Gasteiger charge is -2.11. The first-order valence-corrected chi connectivity index (χ1v) is 11.5. The van der Waals surface area contributed by atoms with Gasteiger partial charge in [0, 0.05) is 40.9 Å². The van der Waals surface area contributed by atoms with Gasteiger partial charge in [-0.25, -0.2) is 9.37 Å². The van der Waals surface area contributed by atoms with Gasteiger partial charge in [-0.1, -0.05) is 18.6 Å². The summed E-state index contributed by atoms with van der Waals surface area (Å²) in [6.07, 6.45) is 4.06. The summed E-state index contributed by atoms with van der Waals surface area (Å²) in [5, 5.41) is 14.3. The Bertz CT molecular complexity index is 1280. The highest BCUT2D eigenvalue weighted by Crippen LogP contribution is 2.28. The normalized spacial score (nSPS) is 13.4. The molecule has 2 aromatic heterocycles. The van der Waals surface area contributed by atoms with Gasteiger partial charge in [0.15, 0.2) is 5.82 Å². The Balaban J connectivity index is 1.37. The van der Waals surface area contributed by atoms with E-state index in [0.29, 0.717) is 22.6 Å². The van der Waals surface area contributed by atoms with Gasteiger partial charge < -0.3 is 9.88 Å². The summed E-state index contributed by atoms with van der Waals surface area (Å²) in [6, 6.07) is 11.8. The second kappa shape index (κ2) is 8.63. The van der Waals surface area contributed by atoms with Crippen LogP contribution in [0.1, 0.15) is 41.1 Å². The van der Waals surface area contributed by atoms with E-state index in [-0.39, 0.29) is 11.7 Å². The lowest BCUT2D eigenvalue weighted by molar-refractivity contribution is 0.102. The Labute approximate surface area is 189 Å². The average molecular weight is 448 g/mol. The first-order chi connectivity index (χ1) is 15.6. The summed E-state index contributed by atoms with van der Waals surface area (Å²) in [5.74, 6) is 0.760. The highest BCUT2D eigenvalue weighted by molar-refractivity contribution is 7.13. The van der Waals surface area contributed by atoms with Crippen molar-refractivity contribution in [3.05, 3.63) is 70.7 Å². The van der Waals surface area contributed by atoms with Crippen LogP contribution in [0.5, 0.6) is 0 Å². The highest BCUT2D eigenvalue weighted by Gasteiger charge is 2.19. The predicted molar refractivity (Wildman–Crippen MR) is 123 cm³/mol. The van der Waals surface area contributed by atoms with Gasteiger partial charge in [0.2, 0.25) is 0 Å². The predicted octanol–water partition coefficient (Wildman–Crippen LogP) is 5.49. The molecule has 0 spiro atoms. The molecule has 0 fully saturated rings. The summed E-state index contributed by atoms with van der Waals surface area (Å²) in [6.45, 7) is 2.73. The Morgan fingerprint density at radius 3 is 2.72 bits per heavy atom. The number of benzene rings is 2. The zero-order valence-corrected chi connectivity index (χ0v) is 18.5. The first-order valence-electron chi connectivity index (χ1n) is 10.6. The zero-order chi connectivity index (χ0) is 22.1. The van der Waals surface area contributed by atoms with Gasteiger partial charge in [0.25, 0.3) is 5.91 Å². The van der Waals surface area contributed by atoms with Crippen LogP contribution in [0.3, 0.4) is 0 Å². The third kappa shape index (κ3) is 4.05. The van der Waals surface area contributed by atoms with Crippen molar-refractivity contribution in [1.82, 2.24) is 19.7 Å². The largest absolute Gasteiger partial charge is 0.322 e. The molecule has 0 radical (unpaired) electrons. The molecule has 0 bridgehead atoms. The molecule has 0 unspecified atom stereocenters. The minimum absolute atomic E-state index is 0.260. The number of anilines is 1. The summed E-state index contributed by atoms with van der Waals surface area (Å²) in [5.41, 5.74) is 3.32. The number of nitrogens with zero attached hydrogens (tertiary/aromatic N) is 4. The molecule has 1 aliphatic rings. The molecule has 2 aromatic carbocycles. The van der Waals surface area contributed by atoms with Crippen molar-refractivity contribution in [2.75, 3.05) is 5.32 Å². The van der Waals surface area contributed by atoms with E-state index in [1.165, 1.54) is 6.07 Å². The Hall–Kier alpha value is -3.39. The molecular formula is C24H22FN5OS. The summed E-state index contributed by atoms with van der Waals surface area (Å²) < 4.78 is 16.7. The highest BCUT2D eigenvalue weighted by atomic mass is 32.1. The van der Waals surface area contributed by atoms with Crippen LogP contribution in [-0.2, 0) is 13.0 Å². The molecule has 0 aliphatic carbocycles. The molecule has 5 rings (SSSR count). The van der Waals surface area contributed by atoms with E-state index in [1.54, 1.807) is 35.6 Å².